The van der Waals surface area contributed by atoms with E-state index in [1.54, 1.807) is 0 Å². The summed E-state index contributed by atoms with van der Waals surface area (Å²) in [5.74, 6) is 0. The van der Waals surface area contributed by atoms with Crippen LogP contribution in [0.15, 0.2) is 0 Å². The van der Waals surface area contributed by atoms with Crippen molar-refractivity contribution < 1.29 is 4.74 Å². The standard InChI is InChI=1S/C17H36O/c1-5-9-12-17(13-10-6-2,14-11-7-3)16-18-15-8-4/h5-16H2,1-4H3. The van der Waals surface area contributed by atoms with Crippen molar-refractivity contribution in [1.82, 2.24) is 0 Å². The first-order chi connectivity index (χ1) is 8.74. The summed E-state index contributed by atoms with van der Waals surface area (Å²) in [5, 5.41) is 0. The van der Waals surface area contributed by atoms with Gasteiger partial charge in [0, 0.05) is 6.61 Å². The van der Waals surface area contributed by atoms with Gasteiger partial charge in [0.1, 0.15) is 0 Å². The molecule has 110 valence electrons. The fourth-order valence-electron chi connectivity index (χ4n) is 2.68. The van der Waals surface area contributed by atoms with E-state index >= 15 is 0 Å². The lowest BCUT2D eigenvalue weighted by Gasteiger charge is -2.34. The Hall–Kier alpha value is -0.0400. The van der Waals surface area contributed by atoms with E-state index in [1.165, 1.54) is 57.8 Å². The minimum Gasteiger partial charge on any atom is -0.381 e. The number of unbranched alkanes of at least 4 members (excludes halogenated alkanes) is 3. The molecule has 0 unspecified atom stereocenters. The van der Waals surface area contributed by atoms with E-state index in [0.717, 1.165) is 19.6 Å². The topological polar surface area (TPSA) is 9.23 Å². The molecule has 0 saturated carbocycles. The van der Waals surface area contributed by atoms with Crippen LogP contribution in [-0.4, -0.2) is 13.2 Å². The normalized spacial score (nSPS) is 12.0. The Morgan fingerprint density at radius 1 is 0.667 bits per heavy atom. The fraction of sp³-hybridized carbons (Fsp3) is 1.00. The highest BCUT2D eigenvalue weighted by Gasteiger charge is 2.28. The first-order valence-corrected chi connectivity index (χ1v) is 8.32. The average molecular weight is 256 g/mol. The summed E-state index contributed by atoms with van der Waals surface area (Å²) < 4.78 is 5.94. The Morgan fingerprint density at radius 2 is 1.11 bits per heavy atom. The van der Waals surface area contributed by atoms with Crippen molar-refractivity contribution in [3.05, 3.63) is 0 Å². The Balaban J connectivity index is 4.41. The van der Waals surface area contributed by atoms with E-state index in [1.807, 2.05) is 0 Å². The van der Waals surface area contributed by atoms with Gasteiger partial charge >= 0.3 is 0 Å². The number of rotatable bonds is 13. The van der Waals surface area contributed by atoms with E-state index in [4.69, 9.17) is 4.74 Å². The molecule has 18 heavy (non-hydrogen) atoms. The molecule has 0 atom stereocenters. The van der Waals surface area contributed by atoms with Crippen molar-refractivity contribution in [2.24, 2.45) is 5.41 Å². The van der Waals surface area contributed by atoms with E-state index in [0.29, 0.717) is 5.41 Å². The molecule has 0 aromatic carbocycles. The average Bonchev–Trinajstić information content (AvgIpc) is 2.40. The van der Waals surface area contributed by atoms with Crippen LogP contribution < -0.4 is 0 Å². The minimum atomic E-state index is 0.483. The lowest BCUT2D eigenvalue weighted by molar-refractivity contribution is 0.0228. The van der Waals surface area contributed by atoms with Crippen molar-refractivity contribution in [3.8, 4) is 0 Å². The zero-order chi connectivity index (χ0) is 13.7. The minimum absolute atomic E-state index is 0.483. The summed E-state index contributed by atoms with van der Waals surface area (Å²) in [4.78, 5) is 0. The van der Waals surface area contributed by atoms with Gasteiger partial charge in [-0.2, -0.15) is 0 Å². The van der Waals surface area contributed by atoms with Crippen LogP contribution in [0.25, 0.3) is 0 Å². The van der Waals surface area contributed by atoms with E-state index in [9.17, 15) is 0 Å². The molecule has 0 aliphatic carbocycles. The van der Waals surface area contributed by atoms with E-state index in [2.05, 4.69) is 27.7 Å². The molecule has 0 fully saturated rings. The Morgan fingerprint density at radius 3 is 1.44 bits per heavy atom. The second-order valence-electron chi connectivity index (χ2n) is 5.86. The molecular formula is C17H36O. The maximum Gasteiger partial charge on any atom is 0.0522 e. The van der Waals surface area contributed by atoms with Gasteiger partial charge in [-0.1, -0.05) is 66.2 Å². The molecular weight excluding hydrogens is 220 g/mol. The third kappa shape index (κ3) is 8.13. The van der Waals surface area contributed by atoms with E-state index < -0.39 is 0 Å². The first-order valence-electron chi connectivity index (χ1n) is 8.32. The van der Waals surface area contributed by atoms with Gasteiger partial charge in [-0.25, -0.2) is 0 Å². The maximum atomic E-state index is 5.94. The Labute approximate surface area is 116 Å². The molecule has 0 aromatic rings. The van der Waals surface area contributed by atoms with Crippen LogP contribution in [0.4, 0.5) is 0 Å². The van der Waals surface area contributed by atoms with Crippen molar-refractivity contribution >= 4 is 0 Å². The van der Waals surface area contributed by atoms with Crippen LogP contribution in [0.1, 0.15) is 91.9 Å². The summed E-state index contributed by atoms with van der Waals surface area (Å²) in [7, 11) is 0. The summed E-state index contributed by atoms with van der Waals surface area (Å²) in [6, 6.07) is 0. The predicted molar refractivity (Wildman–Crippen MR) is 82.1 cm³/mol. The number of hydrogen-bond donors (Lipinski definition) is 0. The fourth-order valence-corrected chi connectivity index (χ4v) is 2.68. The van der Waals surface area contributed by atoms with Gasteiger partial charge in [0.25, 0.3) is 0 Å². The van der Waals surface area contributed by atoms with E-state index in [-0.39, 0.29) is 0 Å². The summed E-state index contributed by atoms with van der Waals surface area (Å²) in [6.45, 7) is 11.0. The van der Waals surface area contributed by atoms with Crippen LogP contribution in [0.3, 0.4) is 0 Å². The molecule has 0 amide bonds. The van der Waals surface area contributed by atoms with Crippen LogP contribution >= 0.6 is 0 Å². The highest BCUT2D eigenvalue weighted by Crippen LogP contribution is 2.37. The van der Waals surface area contributed by atoms with Crippen molar-refractivity contribution in [1.29, 1.82) is 0 Å². The highest BCUT2D eigenvalue weighted by molar-refractivity contribution is 4.79. The molecule has 0 spiro atoms. The molecule has 0 bridgehead atoms. The van der Waals surface area contributed by atoms with Crippen LogP contribution in [-0.2, 0) is 4.74 Å². The Bertz CT molecular complexity index is 143. The van der Waals surface area contributed by atoms with Crippen LogP contribution in [0, 0.1) is 5.41 Å². The zero-order valence-corrected chi connectivity index (χ0v) is 13.4. The summed E-state index contributed by atoms with van der Waals surface area (Å²) in [5.41, 5.74) is 0.483. The molecule has 1 heteroatoms. The lowest BCUT2D eigenvalue weighted by Crippen LogP contribution is -2.27. The molecule has 0 N–H and O–H groups in total. The monoisotopic (exact) mass is 256 g/mol. The highest BCUT2D eigenvalue weighted by atomic mass is 16.5. The maximum absolute atomic E-state index is 5.94. The second-order valence-corrected chi connectivity index (χ2v) is 5.86. The largest absolute Gasteiger partial charge is 0.381 e. The van der Waals surface area contributed by atoms with Gasteiger partial charge in [-0.05, 0) is 31.1 Å². The van der Waals surface area contributed by atoms with Crippen molar-refractivity contribution in [3.63, 3.8) is 0 Å². The quantitative estimate of drug-likeness (QED) is 0.369. The smallest absolute Gasteiger partial charge is 0.0522 e. The summed E-state index contributed by atoms with van der Waals surface area (Å²) >= 11 is 0. The van der Waals surface area contributed by atoms with Gasteiger partial charge in [0.05, 0.1) is 6.61 Å². The second kappa shape index (κ2) is 12.0. The van der Waals surface area contributed by atoms with Gasteiger partial charge < -0.3 is 4.74 Å². The Kier molecular flexibility index (Phi) is 12.0. The van der Waals surface area contributed by atoms with Crippen molar-refractivity contribution in [2.45, 2.75) is 91.9 Å². The van der Waals surface area contributed by atoms with Gasteiger partial charge in [-0.3, -0.25) is 0 Å². The zero-order valence-electron chi connectivity index (χ0n) is 13.4. The first kappa shape index (κ1) is 18.0. The van der Waals surface area contributed by atoms with Crippen LogP contribution in [0.5, 0.6) is 0 Å². The molecule has 0 aliphatic heterocycles. The predicted octanol–water partition coefficient (Wildman–Crippen LogP) is 5.97. The van der Waals surface area contributed by atoms with Crippen LogP contribution in [0.2, 0.25) is 0 Å². The molecule has 0 radical (unpaired) electrons. The van der Waals surface area contributed by atoms with Gasteiger partial charge in [-0.15, -0.1) is 0 Å². The number of hydrogen-bond acceptors (Lipinski definition) is 1. The molecule has 0 saturated heterocycles. The molecule has 0 aliphatic rings. The number of ether oxygens (including phenoxy) is 1. The summed E-state index contributed by atoms with van der Waals surface area (Å²) in [6.07, 6.45) is 13.3. The van der Waals surface area contributed by atoms with Crippen molar-refractivity contribution in [2.75, 3.05) is 13.2 Å². The third-order valence-electron chi connectivity index (χ3n) is 3.94. The lowest BCUT2D eigenvalue weighted by atomic mass is 9.75. The molecule has 0 rings (SSSR count). The van der Waals surface area contributed by atoms with Gasteiger partial charge in [0.15, 0.2) is 0 Å². The molecule has 0 heterocycles. The third-order valence-corrected chi connectivity index (χ3v) is 3.94. The molecule has 1 nitrogen and oxygen atoms in total. The van der Waals surface area contributed by atoms with Gasteiger partial charge in [0.2, 0.25) is 0 Å². The molecule has 0 aromatic heterocycles. The SMILES string of the molecule is CCCCC(CCCC)(CCCC)COCCC.